The van der Waals surface area contributed by atoms with Crippen LogP contribution >= 0.6 is 0 Å². The molecule has 0 aliphatic heterocycles. The quantitative estimate of drug-likeness (QED) is 0.476. The van der Waals surface area contributed by atoms with Crippen molar-refractivity contribution >= 4 is 10.9 Å². The summed E-state index contributed by atoms with van der Waals surface area (Å²) in [6.45, 7) is 4.14. The second kappa shape index (κ2) is 4.39. The number of rotatable bonds is 1. The van der Waals surface area contributed by atoms with E-state index in [1.54, 1.807) is 0 Å². The number of benzene rings is 2. The van der Waals surface area contributed by atoms with Crippen LogP contribution in [0.25, 0.3) is 22.2 Å². The molecular weight excluding hydrogens is 234 g/mol. The summed E-state index contributed by atoms with van der Waals surface area (Å²) in [7, 11) is 0. The third-order valence-corrected chi connectivity index (χ3v) is 3.60. The monoisotopic (exact) mass is 249 g/mol. The van der Waals surface area contributed by atoms with Crippen molar-refractivity contribution in [3.8, 4) is 11.3 Å². The van der Waals surface area contributed by atoms with E-state index in [-0.39, 0.29) is 0 Å². The van der Waals surface area contributed by atoms with Gasteiger partial charge in [0.05, 0.1) is 0 Å². The Kier molecular flexibility index (Phi) is 2.71. The Balaban J connectivity index is 2.25. The first-order chi connectivity index (χ1) is 9.16. The van der Waals surface area contributed by atoms with Crippen LogP contribution in [-0.2, 0) is 0 Å². The van der Waals surface area contributed by atoms with Gasteiger partial charge >= 0.3 is 0 Å². The van der Waals surface area contributed by atoms with Gasteiger partial charge in [-0.25, -0.2) is 0 Å². The summed E-state index contributed by atoms with van der Waals surface area (Å²) in [6.07, 6.45) is 0. The molecule has 3 aromatic rings. The fourth-order valence-electron chi connectivity index (χ4n) is 2.29. The van der Waals surface area contributed by atoms with Crippen molar-refractivity contribution < 1.29 is 4.73 Å². The largest absolute Gasteiger partial charge is 0.618 e. The number of nitrogens with zero attached hydrogens (tertiary/aromatic N) is 1. The maximum absolute atomic E-state index is 12.4. The van der Waals surface area contributed by atoms with Gasteiger partial charge in [0, 0.05) is 23.1 Å². The van der Waals surface area contributed by atoms with Crippen molar-refractivity contribution in [3.05, 3.63) is 70.9 Å². The Morgan fingerprint density at radius 2 is 1.63 bits per heavy atom. The van der Waals surface area contributed by atoms with E-state index in [4.69, 9.17) is 0 Å². The van der Waals surface area contributed by atoms with E-state index in [9.17, 15) is 5.21 Å². The predicted molar refractivity (Wildman–Crippen MR) is 77.8 cm³/mol. The molecule has 0 fully saturated rings. The number of hydrogen-bond donors (Lipinski definition) is 0. The summed E-state index contributed by atoms with van der Waals surface area (Å²) in [5.41, 5.74) is 4.80. The molecule has 1 aromatic heterocycles. The fraction of sp³-hybridized carbons (Fsp3) is 0.118. The molecule has 19 heavy (non-hydrogen) atoms. The highest BCUT2D eigenvalue weighted by Crippen LogP contribution is 2.21. The SMILES string of the molecule is Cc1ccc(-c2ccc3ccccc3[n+]2[O-])cc1C. The summed E-state index contributed by atoms with van der Waals surface area (Å²) >= 11 is 0. The second-order valence-corrected chi connectivity index (χ2v) is 4.87. The molecule has 94 valence electrons. The van der Waals surface area contributed by atoms with Crippen molar-refractivity contribution in [2.45, 2.75) is 13.8 Å². The average Bonchev–Trinajstić information content (AvgIpc) is 2.43. The lowest BCUT2D eigenvalue weighted by atomic mass is 10.0. The van der Waals surface area contributed by atoms with Gasteiger partial charge in [0.25, 0.3) is 0 Å². The topological polar surface area (TPSA) is 26.9 Å². The van der Waals surface area contributed by atoms with E-state index < -0.39 is 0 Å². The van der Waals surface area contributed by atoms with Crippen LogP contribution < -0.4 is 4.73 Å². The smallest absolute Gasteiger partial charge is 0.224 e. The third kappa shape index (κ3) is 1.95. The highest BCUT2D eigenvalue weighted by Gasteiger charge is 2.12. The number of hydrogen-bond acceptors (Lipinski definition) is 1. The fourth-order valence-corrected chi connectivity index (χ4v) is 2.29. The van der Waals surface area contributed by atoms with Gasteiger partial charge in [-0.2, -0.15) is 4.73 Å². The molecule has 0 aliphatic rings. The summed E-state index contributed by atoms with van der Waals surface area (Å²) < 4.78 is 1.01. The van der Waals surface area contributed by atoms with Crippen LogP contribution in [0.4, 0.5) is 0 Å². The lowest BCUT2D eigenvalue weighted by Gasteiger charge is -2.09. The number of aryl methyl sites for hydroxylation is 2. The summed E-state index contributed by atoms with van der Waals surface area (Å²) in [5.74, 6) is 0. The van der Waals surface area contributed by atoms with Crippen molar-refractivity contribution in [2.75, 3.05) is 0 Å². The van der Waals surface area contributed by atoms with Crippen LogP contribution in [0.2, 0.25) is 0 Å². The molecule has 1 heterocycles. The third-order valence-electron chi connectivity index (χ3n) is 3.60. The van der Waals surface area contributed by atoms with Gasteiger partial charge in [-0.1, -0.05) is 18.2 Å². The van der Waals surface area contributed by atoms with Crippen molar-refractivity contribution in [2.24, 2.45) is 0 Å². The number of pyridine rings is 1. The Morgan fingerprint density at radius 1 is 0.842 bits per heavy atom. The highest BCUT2D eigenvalue weighted by molar-refractivity contribution is 5.77. The maximum Gasteiger partial charge on any atom is 0.224 e. The van der Waals surface area contributed by atoms with Crippen molar-refractivity contribution in [3.63, 3.8) is 0 Å². The van der Waals surface area contributed by atoms with Gasteiger partial charge in [-0.3, -0.25) is 0 Å². The Labute approximate surface area is 112 Å². The Bertz CT molecular complexity index is 762. The van der Waals surface area contributed by atoms with Gasteiger partial charge in [0.2, 0.25) is 11.2 Å². The lowest BCUT2D eigenvalue weighted by molar-refractivity contribution is -0.565. The molecule has 0 radical (unpaired) electrons. The molecule has 3 rings (SSSR count). The van der Waals surface area contributed by atoms with E-state index in [2.05, 4.69) is 26.0 Å². The minimum atomic E-state index is 0.696. The molecule has 0 atom stereocenters. The lowest BCUT2D eigenvalue weighted by Crippen LogP contribution is -2.29. The molecule has 2 nitrogen and oxygen atoms in total. The van der Waals surface area contributed by atoms with Crippen molar-refractivity contribution in [1.29, 1.82) is 0 Å². The molecular formula is C17H15NO. The standard InChI is InChI=1S/C17H15NO/c1-12-7-8-15(11-13(12)2)17-10-9-14-5-3-4-6-16(14)18(17)19/h3-11H,1-2H3. The minimum absolute atomic E-state index is 0.696. The van der Waals surface area contributed by atoms with Gasteiger partial charge in [0.1, 0.15) is 0 Å². The first kappa shape index (κ1) is 11.7. The molecule has 0 amide bonds. The second-order valence-electron chi connectivity index (χ2n) is 4.87. The van der Waals surface area contributed by atoms with E-state index in [0.29, 0.717) is 11.2 Å². The Morgan fingerprint density at radius 3 is 2.42 bits per heavy atom. The summed E-state index contributed by atoms with van der Waals surface area (Å²) in [5, 5.41) is 13.4. The summed E-state index contributed by atoms with van der Waals surface area (Å²) in [6, 6.07) is 17.6. The predicted octanol–water partition coefficient (Wildman–Crippen LogP) is 3.76. The minimum Gasteiger partial charge on any atom is -0.618 e. The molecule has 0 aliphatic carbocycles. The molecule has 0 unspecified atom stereocenters. The van der Waals surface area contributed by atoms with Crippen LogP contribution in [0.5, 0.6) is 0 Å². The first-order valence-electron chi connectivity index (χ1n) is 6.36. The van der Waals surface area contributed by atoms with Crippen LogP contribution in [0.3, 0.4) is 0 Å². The number of fused-ring (bicyclic) bond motifs is 1. The average molecular weight is 249 g/mol. The van der Waals surface area contributed by atoms with E-state index >= 15 is 0 Å². The van der Waals surface area contributed by atoms with Crippen LogP contribution in [0.15, 0.2) is 54.6 Å². The first-order valence-corrected chi connectivity index (χ1v) is 6.36. The molecule has 2 aromatic carbocycles. The molecule has 0 N–H and O–H groups in total. The molecule has 0 saturated heterocycles. The highest BCUT2D eigenvalue weighted by atomic mass is 16.5. The van der Waals surface area contributed by atoms with Gasteiger partial charge in [-0.05, 0) is 49.2 Å². The zero-order valence-corrected chi connectivity index (χ0v) is 11.1. The number of para-hydroxylation sites is 1. The van der Waals surface area contributed by atoms with Gasteiger partial charge in [0.15, 0.2) is 0 Å². The zero-order valence-electron chi connectivity index (χ0n) is 11.1. The van der Waals surface area contributed by atoms with E-state index in [1.807, 2.05) is 42.5 Å². The van der Waals surface area contributed by atoms with E-state index in [0.717, 1.165) is 15.7 Å². The summed E-state index contributed by atoms with van der Waals surface area (Å²) in [4.78, 5) is 0. The van der Waals surface area contributed by atoms with Gasteiger partial charge in [-0.15, -0.1) is 0 Å². The number of aromatic nitrogens is 1. The van der Waals surface area contributed by atoms with Crippen LogP contribution in [0, 0.1) is 19.1 Å². The molecule has 0 spiro atoms. The molecule has 2 heteroatoms. The van der Waals surface area contributed by atoms with Crippen molar-refractivity contribution in [1.82, 2.24) is 0 Å². The van der Waals surface area contributed by atoms with Crippen LogP contribution in [0.1, 0.15) is 11.1 Å². The molecule has 0 saturated carbocycles. The van der Waals surface area contributed by atoms with Crippen LogP contribution in [-0.4, -0.2) is 0 Å². The van der Waals surface area contributed by atoms with Gasteiger partial charge < -0.3 is 5.21 Å². The maximum atomic E-state index is 12.4. The Hall–Kier alpha value is -2.35. The van der Waals surface area contributed by atoms with E-state index in [1.165, 1.54) is 11.1 Å². The normalized spacial score (nSPS) is 10.8. The molecule has 0 bridgehead atoms. The zero-order chi connectivity index (χ0) is 13.4.